The first-order valence-corrected chi connectivity index (χ1v) is 6.34. The van der Waals surface area contributed by atoms with Gasteiger partial charge in [-0.05, 0) is 37.5 Å². The minimum absolute atomic E-state index is 0. The second kappa shape index (κ2) is 7.95. The Labute approximate surface area is 128 Å². The predicted octanol–water partition coefficient (Wildman–Crippen LogP) is 2.82. The largest absolute Gasteiger partial charge is 0.507 e. The molecular formula is C14H24Cl2N2O. The lowest BCUT2D eigenvalue weighted by Gasteiger charge is -2.33. The number of phenolic OH excluding ortho intramolecular Hbond substituents is 1. The Morgan fingerprint density at radius 3 is 2.05 bits per heavy atom. The van der Waals surface area contributed by atoms with Gasteiger partial charge in [-0.3, -0.25) is 4.90 Å². The molecule has 2 rings (SSSR count). The third-order valence-corrected chi connectivity index (χ3v) is 3.70. The molecule has 0 saturated carbocycles. The summed E-state index contributed by atoms with van der Waals surface area (Å²) in [6, 6.07) is 4.64. The van der Waals surface area contributed by atoms with Crippen LogP contribution in [-0.4, -0.2) is 36.2 Å². The van der Waals surface area contributed by atoms with Crippen molar-refractivity contribution in [2.24, 2.45) is 0 Å². The maximum Gasteiger partial charge on any atom is 0.121 e. The number of aryl methyl sites for hydroxylation is 2. The zero-order chi connectivity index (χ0) is 12.4. The molecule has 1 aromatic rings. The van der Waals surface area contributed by atoms with Crippen molar-refractivity contribution in [2.75, 3.05) is 26.2 Å². The molecule has 0 aromatic heterocycles. The van der Waals surface area contributed by atoms with Gasteiger partial charge in [0.25, 0.3) is 0 Å². The van der Waals surface area contributed by atoms with E-state index in [1.54, 1.807) is 0 Å². The van der Waals surface area contributed by atoms with Crippen LogP contribution in [0, 0.1) is 13.8 Å². The standard InChI is InChI=1S/C14H22N2O.2ClH/c1-10-8-13(9-11(2)14(10)17)12(3)16-6-4-15-5-7-16;;/h8-9,12,15,17H,4-7H2,1-3H3;2*1H/t12-;;/m0../s1. The van der Waals surface area contributed by atoms with E-state index in [1.165, 1.54) is 5.56 Å². The number of benzene rings is 1. The lowest BCUT2D eigenvalue weighted by molar-refractivity contribution is 0.185. The van der Waals surface area contributed by atoms with Crippen LogP contribution in [0.3, 0.4) is 0 Å². The van der Waals surface area contributed by atoms with Gasteiger partial charge in [0.2, 0.25) is 0 Å². The monoisotopic (exact) mass is 306 g/mol. The van der Waals surface area contributed by atoms with Crippen LogP contribution >= 0.6 is 24.8 Å². The van der Waals surface area contributed by atoms with Crippen LogP contribution in [0.15, 0.2) is 12.1 Å². The highest BCUT2D eigenvalue weighted by Crippen LogP contribution is 2.28. The van der Waals surface area contributed by atoms with Gasteiger partial charge in [-0.1, -0.05) is 12.1 Å². The van der Waals surface area contributed by atoms with Gasteiger partial charge in [-0.15, -0.1) is 24.8 Å². The number of hydrogen-bond donors (Lipinski definition) is 2. The summed E-state index contributed by atoms with van der Waals surface area (Å²) in [6.45, 7) is 10.5. The molecule has 1 saturated heterocycles. The third-order valence-electron chi connectivity index (χ3n) is 3.70. The molecule has 110 valence electrons. The summed E-state index contributed by atoms with van der Waals surface area (Å²) in [6.07, 6.45) is 0. The van der Waals surface area contributed by atoms with Crippen LogP contribution in [0.5, 0.6) is 5.75 Å². The molecule has 0 spiro atoms. The fourth-order valence-corrected chi connectivity index (χ4v) is 2.51. The number of phenols is 1. The number of halogens is 2. The fraction of sp³-hybridized carbons (Fsp3) is 0.571. The maximum atomic E-state index is 9.80. The molecule has 1 heterocycles. The van der Waals surface area contributed by atoms with Gasteiger partial charge in [-0.25, -0.2) is 0 Å². The average molecular weight is 307 g/mol. The Morgan fingerprint density at radius 2 is 1.58 bits per heavy atom. The molecule has 0 aliphatic carbocycles. The Balaban J connectivity index is 0.00000162. The number of nitrogens with zero attached hydrogens (tertiary/aromatic N) is 1. The predicted molar refractivity (Wildman–Crippen MR) is 84.9 cm³/mol. The molecule has 2 N–H and O–H groups in total. The highest BCUT2D eigenvalue weighted by Gasteiger charge is 2.18. The minimum atomic E-state index is 0. The van der Waals surface area contributed by atoms with Crippen molar-refractivity contribution in [1.82, 2.24) is 10.2 Å². The van der Waals surface area contributed by atoms with Gasteiger partial charge in [0.15, 0.2) is 0 Å². The molecule has 1 atom stereocenters. The van der Waals surface area contributed by atoms with Gasteiger partial charge in [0.05, 0.1) is 0 Å². The van der Waals surface area contributed by atoms with Crippen molar-refractivity contribution in [3.05, 3.63) is 28.8 Å². The number of aromatic hydroxyl groups is 1. The summed E-state index contributed by atoms with van der Waals surface area (Å²) in [4.78, 5) is 2.49. The van der Waals surface area contributed by atoms with E-state index in [4.69, 9.17) is 0 Å². The molecule has 1 aliphatic heterocycles. The van der Waals surface area contributed by atoms with E-state index in [1.807, 2.05) is 13.8 Å². The molecule has 0 amide bonds. The van der Waals surface area contributed by atoms with Crippen molar-refractivity contribution in [3.8, 4) is 5.75 Å². The van der Waals surface area contributed by atoms with Gasteiger partial charge in [-0.2, -0.15) is 0 Å². The Morgan fingerprint density at radius 1 is 1.11 bits per heavy atom. The zero-order valence-electron chi connectivity index (χ0n) is 11.8. The second-order valence-corrected chi connectivity index (χ2v) is 4.97. The van der Waals surface area contributed by atoms with E-state index < -0.39 is 0 Å². The summed E-state index contributed by atoms with van der Waals surface area (Å²) in [5.41, 5.74) is 3.25. The topological polar surface area (TPSA) is 35.5 Å². The van der Waals surface area contributed by atoms with Gasteiger partial charge in [0, 0.05) is 32.2 Å². The Kier molecular flexibility index (Phi) is 7.75. The first kappa shape index (κ1) is 18.5. The summed E-state index contributed by atoms with van der Waals surface area (Å²) < 4.78 is 0. The molecule has 0 radical (unpaired) electrons. The van der Waals surface area contributed by atoms with E-state index in [-0.39, 0.29) is 24.8 Å². The number of hydrogen-bond acceptors (Lipinski definition) is 3. The summed E-state index contributed by atoms with van der Waals surface area (Å²) in [5, 5.41) is 13.2. The molecule has 1 fully saturated rings. The summed E-state index contributed by atoms with van der Waals surface area (Å²) in [7, 11) is 0. The quantitative estimate of drug-likeness (QED) is 0.882. The summed E-state index contributed by atoms with van der Waals surface area (Å²) in [5.74, 6) is 0.432. The van der Waals surface area contributed by atoms with Crippen LogP contribution in [0.1, 0.15) is 29.7 Å². The highest BCUT2D eigenvalue weighted by molar-refractivity contribution is 5.85. The molecule has 0 bridgehead atoms. The molecular weight excluding hydrogens is 283 g/mol. The van der Waals surface area contributed by atoms with Crippen LogP contribution in [0.2, 0.25) is 0 Å². The Bertz CT molecular complexity index is 383. The van der Waals surface area contributed by atoms with Crippen molar-refractivity contribution in [1.29, 1.82) is 0 Å². The second-order valence-electron chi connectivity index (χ2n) is 4.97. The van der Waals surface area contributed by atoms with E-state index in [0.29, 0.717) is 11.8 Å². The molecule has 1 aromatic carbocycles. The van der Waals surface area contributed by atoms with Crippen LogP contribution < -0.4 is 5.32 Å². The molecule has 0 unspecified atom stereocenters. The first-order valence-electron chi connectivity index (χ1n) is 6.34. The molecule has 19 heavy (non-hydrogen) atoms. The minimum Gasteiger partial charge on any atom is -0.507 e. The fourth-order valence-electron chi connectivity index (χ4n) is 2.51. The van der Waals surface area contributed by atoms with Crippen molar-refractivity contribution >= 4 is 24.8 Å². The van der Waals surface area contributed by atoms with Gasteiger partial charge >= 0.3 is 0 Å². The van der Waals surface area contributed by atoms with Crippen LogP contribution in [0.25, 0.3) is 0 Å². The van der Waals surface area contributed by atoms with E-state index in [0.717, 1.165) is 37.3 Å². The smallest absolute Gasteiger partial charge is 0.121 e. The van der Waals surface area contributed by atoms with E-state index in [9.17, 15) is 5.11 Å². The third kappa shape index (κ3) is 4.25. The van der Waals surface area contributed by atoms with Crippen LogP contribution in [-0.2, 0) is 0 Å². The van der Waals surface area contributed by atoms with Gasteiger partial charge in [0.1, 0.15) is 5.75 Å². The van der Waals surface area contributed by atoms with Crippen molar-refractivity contribution in [2.45, 2.75) is 26.8 Å². The molecule has 5 heteroatoms. The highest BCUT2D eigenvalue weighted by atomic mass is 35.5. The molecule has 3 nitrogen and oxygen atoms in total. The maximum absolute atomic E-state index is 9.80. The normalized spacial score (nSPS) is 17.2. The number of rotatable bonds is 2. The SMILES string of the molecule is Cc1cc([C@H](C)N2CCNCC2)cc(C)c1O.Cl.Cl. The van der Waals surface area contributed by atoms with Gasteiger partial charge < -0.3 is 10.4 Å². The Hall–Kier alpha value is -0.480. The van der Waals surface area contributed by atoms with Crippen molar-refractivity contribution in [3.63, 3.8) is 0 Å². The lowest BCUT2D eigenvalue weighted by atomic mass is 10.00. The molecule has 1 aliphatic rings. The van der Waals surface area contributed by atoms with Crippen molar-refractivity contribution < 1.29 is 5.11 Å². The number of piperazine rings is 1. The van der Waals surface area contributed by atoms with E-state index >= 15 is 0 Å². The average Bonchev–Trinajstić information content (AvgIpc) is 2.35. The van der Waals surface area contributed by atoms with E-state index in [2.05, 4.69) is 29.3 Å². The zero-order valence-corrected chi connectivity index (χ0v) is 13.4. The number of nitrogens with one attached hydrogen (secondary N) is 1. The summed E-state index contributed by atoms with van der Waals surface area (Å²) >= 11 is 0. The van der Waals surface area contributed by atoms with Crippen LogP contribution in [0.4, 0.5) is 0 Å². The first-order chi connectivity index (χ1) is 8.09. The lowest BCUT2D eigenvalue weighted by Crippen LogP contribution is -2.44.